The minimum atomic E-state index is -0.899. The Kier molecular flexibility index (Phi) is 7.35. The van der Waals surface area contributed by atoms with Gasteiger partial charge in [-0.2, -0.15) is 10.2 Å². The van der Waals surface area contributed by atoms with E-state index in [0.717, 1.165) is 11.1 Å². The third-order valence-corrected chi connectivity index (χ3v) is 7.11. The molecule has 1 saturated heterocycles. The van der Waals surface area contributed by atoms with Gasteiger partial charge in [-0.1, -0.05) is 12.1 Å². The summed E-state index contributed by atoms with van der Waals surface area (Å²) in [6.07, 6.45) is 0.539. The number of amides is 2. The van der Waals surface area contributed by atoms with Gasteiger partial charge in [-0.05, 0) is 45.7 Å². The number of nitriles is 1. The van der Waals surface area contributed by atoms with E-state index < -0.39 is 11.2 Å². The summed E-state index contributed by atoms with van der Waals surface area (Å²) < 4.78 is 14.7. The highest BCUT2D eigenvalue weighted by molar-refractivity contribution is 5.98. The zero-order chi connectivity index (χ0) is 26.9. The monoisotopic (exact) mass is 507 g/mol. The summed E-state index contributed by atoms with van der Waals surface area (Å²) in [5.74, 6) is 0.611. The zero-order valence-electron chi connectivity index (χ0n) is 22.1. The van der Waals surface area contributed by atoms with Crippen LogP contribution in [0.2, 0.25) is 0 Å². The first-order valence-corrected chi connectivity index (χ1v) is 12.7. The van der Waals surface area contributed by atoms with Gasteiger partial charge >= 0.3 is 0 Å². The Hall–Kier alpha value is -3.74. The van der Waals surface area contributed by atoms with Gasteiger partial charge in [0.25, 0.3) is 5.91 Å². The number of carbonyl (C=O) groups excluding carboxylic acids is 2. The van der Waals surface area contributed by atoms with Crippen molar-refractivity contribution < 1.29 is 14.0 Å². The predicted octanol–water partition coefficient (Wildman–Crippen LogP) is 3.10. The predicted molar refractivity (Wildman–Crippen MR) is 139 cm³/mol. The van der Waals surface area contributed by atoms with Crippen molar-refractivity contribution in [3.63, 3.8) is 0 Å². The van der Waals surface area contributed by atoms with Crippen molar-refractivity contribution in [3.8, 4) is 6.07 Å². The molecule has 1 aromatic carbocycles. The van der Waals surface area contributed by atoms with Gasteiger partial charge in [0.15, 0.2) is 0 Å². The van der Waals surface area contributed by atoms with Gasteiger partial charge in [0, 0.05) is 56.8 Å². The molecular formula is C27H34FN7O2. The molecular weight excluding hydrogens is 473 g/mol. The first kappa shape index (κ1) is 26.3. The molecule has 1 aromatic heterocycles. The van der Waals surface area contributed by atoms with Crippen LogP contribution >= 0.6 is 0 Å². The van der Waals surface area contributed by atoms with Crippen molar-refractivity contribution in [2.45, 2.75) is 59.0 Å². The molecule has 196 valence electrons. The Balaban J connectivity index is 1.54. The molecule has 0 spiro atoms. The minimum Gasteiger partial charge on any atom is -0.369 e. The van der Waals surface area contributed by atoms with Crippen LogP contribution in [0, 0.1) is 17.1 Å². The highest BCUT2D eigenvalue weighted by atomic mass is 19.1. The molecule has 2 aliphatic rings. The maximum absolute atomic E-state index is 14.7. The summed E-state index contributed by atoms with van der Waals surface area (Å²) in [6, 6.07) is 7.16. The topological polar surface area (TPSA) is 105 Å². The Morgan fingerprint density at radius 1 is 1.22 bits per heavy atom. The zero-order valence-corrected chi connectivity index (χ0v) is 22.1. The van der Waals surface area contributed by atoms with Crippen molar-refractivity contribution >= 4 is 23.6 Å². The molecule has 0 unspecified atom stereocenters. The minimum absolute atomic E-state index is 0.0243. The number of halogens is 1. The number of fused-ring (bicyclic) bond motifs is 1. The van der Waals surface area contributed by atoms with Crippen LogP contribution in [0.3, 0.4) is 0 Å². The number of rotatable bonds is 7. The van der Waals surface area contributed by atoms with Crippen molar-refractivity contribution in [2.75, 3.05) is 42.9 Å². The molecule has 2 amide bonds. The Morgan fingerprint density at radius 2 is 1.92 bits per heavy atom. The molecule has 1 fully saturated rings. The highest BCUT2D eigenvalue weighted by Crippen LogP contribution is 2.31. The lowest BCUT2D eigenvalue weighted by atomic mass is 9.85. The van der Waals surface area contributed by atoms with Crippen molar-refractivity contribution in [2.24, 2.45) is 0 Å². The van der Waals surface area contributed by atoms with E-state index >= 15 is 0 Å². The molecule has 0 atom stereocenters. The lowest BCUT2D eigenvalue weighted by molar-refractivity contribution is -0.129. The molecule has 9 nitrogen and oxygen atoms in total. The molecule has 0 aliphatic carbocycles. The third kappa shape index (κ3) is 5.36. The molecule has 4 rings (SSSR count). The molecule has 2 aromatic rings. The van der Waals surface area contributed by atoms with E-state index in [-0.39, 0.29) is 17.9 Å². The van der Waals surface area contributed by atoms with E-state index in [4.69, 9.17) is 4.98 Å². The van der Waals surface area contributed by atoms with Gasteiger partial charge in [0.1, 0.15) is 17.3 Å². The lowest BCUT2D eigenvalue weighted by Crippen LogP contribution is -2.48. The number of hydrogen-bond donors (Lipinski definition) is 1. The first-order valence-electron chi connectivity index (χ1n) is 12.7. The van der Waals surface area contributed by atoms with Gasteiger partial charge in [-0.3, -0.25) is 9.59 Å². The fraction of sp³-hybridized carbons (Fsp3) is 0.519. The van der Waals surface area contributed by atoms with Gasteiger partial charge < -0.3 is 20.0 Å². The largest absolute Gasteiger partial charge is 0.369 e. The highest BCUT2D eigenvalue weighted by Gasteiger charge is 2.35. The van der Waals surface area contributed by atoms with Crippen LogP contribution in [0.25, 0.3) is 0 Å². The van der Waals surface area contributed by atoms with Crippen LogP contribution in [-0.4, -0.2) is 70.3 Å². The van der Waals surface area contributed by atoms with Crippen LogP contribution in [0.4, 0.5) is 16.2 Å². The molecule has 10 heteroatoms. The van der Waals surface area contributed by atoms with E-state index in [2.05, 4.69) is 16.4 Å². The van der Waals surface area contributed by atoms with E-state index in [1.54, 1.807) is 36.6 Å². The van der Waals surface area contributed by atoms with Crippen LogP contribution < -0.4 is 10.2 Å². The summed E-state index contributed by atoms with van der Waals surface area (Å²) in [7, 11) is 0. The number of hydrogen-bond acceptors (Lipinski definition) is 7. The van der Waals surface area contributed by atoms with Crippen LogP contribution in [0.1, 0.15) is 61.8 Å². The maximum atomic E-state index is 14.7. The quantitative estimate of drug-likeness (QED) is 0.614. The average molecular weight is 508 g/mol. The fourth-order valence-corrected chi connectivity index (χ4v) is 4.71. The second-order valence-corrected chi connectivity index (χ2v) is 10.4. The van der Waals surface area contributed by atoms with Gasteiger partial charge in [0.2, 0.25) is 11.9 Å². The van der Waals surface area contributed by atoms with E-state index in [1.807, 2.05) is 24.8 Å². The summed E-state index contributed by atoms with van der Waals surface area (Å²) in [6.45, 7) is 12.1. The Morgan fingerprint density at radius 3 is 2.51 bits per heavy atom. The van der Waals surface area contributed by atoms with Crippen LogP contribution in [-0.2, 0) is 23.2 Å². The molecule has 0 saturated carbocycles. The number of nitrogens with zero attached hydrogens (tertiary/aromatic N) is 6. The van der Waals surface area contributed by atoms with Gasteiger partial charge in [-0.15, -0.1) is 0 Å². The number of aromatic nitrogens is 2. The maximum Gasteiger partial charge on any atom is 0.273 e. The molecule has 0 radical (unpaired) electrons. The summed E-state index contributed by atoms with van der Waals surface area (Å²) in [5.41, 5.74) is 1.45. The standard InChI is InChI=1S/C27H34FN7O2/c1-17(2)35-15-20-23(25(35)37)31-26(34-12-10-33(11-13-34)18(3)36)32-24(20)30-9-8-19-6-7-21(22(28)14-19)27(4,5)16-29/h6-7,14,17H,8-13,15H2,1-5H3,(H,30,31,32). The summed E-state index contributed by atoms with van der Waals surface area (Å²) >= 11 is 0. The summed E-state index contributed by atoms with van der Waals surface area (Å²) in [5, 5.41) is 12.7. The van der Waals surface area contributed by atoms with Crippen LogP contribution in [0.5, 0.6) is 0 Å². The molecule has 37 heavy (non-hydrogen) atoms. The van der Waals surface area contributed by atoms with Crippen LogP contribution in [0.15, 0.2) is 18.2 Å². The smallest absolute Gasteiger partial charge is 0.273 e. The van der Waals surface area contributed by atoms with Crippen molar-refractivity contribution in [1.82, 2.24) is 19.8 Å². The number of carbonyl (C=O) groups is 2. The number of benzene rings is 1. The number of piperazine rings is 1. The normalized spacial score (nSPS) is 15.7. The SMILES string of the molecule is CC(=O)N1CCN(c2nc(NCCc3ccc(C(C)(C)C#N)c(F)c3)c3c(n2)C(=O)N(C(C)C)C3)CC1. The number of nitrogens with one attached hydrogen (secondary N) is 1. The Bertz CT molecular complexity index is 1250. The van der Waals surface area contributed by atoms with E-state index in [0.29, 0.717) is 68.7 Å². The van der Waals surface area contributed by atoms with Gasteiger partial charge in [0.05, 0.1) is 18.0 Å². The average Bonchev–Trinajstić information content (AvgIpc) is 3.21. The third-order valence-electron chi connectivity index (χ3n) is 7.11. The molecule has 0 bridgehead atoms. The molecule has 3 heterocycles. The number of anilines is 2. The second-order valence-electron chi connectivity index (χ2n) is 10.4. The van der Waals surface area contributed by atoms with Crippen molar-refractivity contribution in [1.29, 1.82) is 5.26 Å². The van der Waals surface area contributed by atoms with E-state index in [1.165, 1.54) is 6.07 Å². The first-order chi connectivity index (χ1) is 17.5. The van der Waals surface area contributed by atoms with Gasteiger partial charge in [-0.25, -0.2) is 9.37 Å². The Labute approximate surface area is 217 Å². The molecule has 1 N–H and O–H groups in total. The second kappa shape index (κ2) is 10.3. The fourth-order valence-electron chi connectivity index (χ4n) is 4.71. The summed E-state index contributed by atoms with van der Waals surface area (Å²) in [4.78, 5) is 39.8. The molecule has 2 aliphatic heterocycles. The van der Waals surface area contributed by atoms with E-state index in [9.17, 15) is 19.2 Å². The van der Waals surface area contributed by atoms with Crippen molar-refractivity contribution in [3.05, 3.63) is 46.4 Å². The lowest BCUT2D eigenvalue weighted by Gasteiger charge is -2.34.